The summed E-state index contributed by atoms with van der Waals surface area (Å²) >= 11 is 0. The maximum absolute atomic E-state index is 12.1. The number of hydrogen-bond acceptors (Lipinski definition) is 2. The second-order valence-corrected chi connectivity index (χ2v) is 5.03. The summed E-state index contributed by atoms with van der Waals surface area (Å²) in [5, 5.41) is 2.98. The predicted molar refractivity (Wildman–Crippen MR) is 88.8 cm³/mol. The average molecular weight is 282 g/mol. The van der Waals surface area contributed by atoms with E-state index < -0.39 is 0 Å². The van der Waals surface area contributed by atoms with E-state index in [1.165, 1.54) is 0 Å². The van der Waals surface area contributed by atoms with Gasteiger partial charge >= 0.3 is 0 Å². The van der Waals surface area contributed by atoms with Gasteiger partial charge in [-0.2, -0.15) is 0 Å². The predicted octanol–water partition coefficient (Wildman–Crippen LogP) is 3.85. The second-order valence-electron chi connectivity index (χ2n) is 5.03. The van der Waals surface area contributed by atoms with Crippen molar-refractivity contribution in [1.82, 2.24) is 0 Å². The summed E-state index contributed by atoms with van der Waals surface area (Å²) in [5.74, 6) is 0.0543. The van der Waals surface area contributed by atoms with Gasteiger partial charge in [-0.05, 0) is 37.6 Å². The Kier molecular flexibility index (Phi) is 5.38. The number of benzene rings is 2. The van der Waals surface area contributed by atoms with Gasteiger partial charge in [-0.25, -0.2) is 0 Å². The van der Waals surface area contributed by atoms with Crippen molar-refractivity contribution in [3.05, 3.63) is 60.2 Å². The van der Waals surface area contributed by atoms with Crippen molar-refractivity contribution in [2.75, 3.05) is 23.3 Å². The molecule has 0 bridgehead atoms. The molecule has 3 heteroatoms. The number of carbonyl (C=O) groups excluding carboxylic acids is 1. The number of nitrogens with one attached hydrogen (secondary N) is 1. The minimum absolute atomic E-state index is 0.0543. The van der Waals surface area contributed by atoms with E-state index in [0.717, 1.165) is 30.0 Å². The van der Waals surface area contributed by atoms with Gasteiger partial charge in [0.05, 0.1) is 0 Å². The van der Waals surface area contributed by atoms with Crippen molar-refractivity contribution < 1.29 is 4.79 Å². The van der Waals surface area contributed by atoms with Gasteiger partial charge in [-0.15, -0.1) is 0 Å². The molecule has 21 heavy (non-hydrogen) atoms. The number of hydrogen-bond donors (Lipinski definition) is 1. The van der Waals surface area contributed by atoms with Gasteiger partial charge in [-0.3, -0.25) is 4.79 Å². The lowest BCUT2D eigenvalue weighted by Crippen LogP contribution is -2.27. The lowest BCUT2D eigenvalue weighted by Gasteiger charge is -2.22. The number of rotatable bonds is 6. The Balaban J connectivity index is 1.90. The van der Waals surface area contributed by atoms with Gasteiger partial charge in [0.2, 0.25) is 5.91 Å². The maximum atomic E-state index is 12.1. The van der Waals surface area contributed by atoms with Gasteiger partial charge in [0.15, 0.2) is 0 Å². The molecule has 2 rings (SSSR count). The quantitative estimate of drug-likeness (QED) is 0.872. The summed E-state index contributed by atoms with van der Waals surface area (Å²) < 4.78 is 0. The highest BCUT2D eigenvalue weighted by molar-refractivity contribution is 5.91. The molecule has 2 aromatic carbocycles. The van der Waals surface area contributed by atoms with Crippen molar-refractivity contribution in [3.63, 3.8) is 0 Å². The van der Waals surface area contributed by atoms with Crippen LogP contribution >= 0.6 is 0 Å². The molecule has 0 fully saturated rings. The van der Waals surface area contributed by atoms with E-state index in [0.29, 0.717) is 6.42 Å². The molecule has 0 heterocycles. The molecule has 0 saturated carbocycles. The lowest BCUT2D eigenvalue weighted by molar-refractivity contribution is -0.116. The van der Waals surface area contributed by atoms with E-state index in [9.17, 15) is 4.79 Å². The van der Waals surface area contributed by atoms with Gasteiger partial charge < -0.3 is 10.2 Å². The van der Waals surface area contributed by atoms with E-state index in [-0.39, 0.29) is 5.91 Å². The van der Waals surface area contributed by atoms with Crippen molar-refractivity contribution in [2.24, 2.45) is 0 Å². The largest absolute Gasteiger partial charge is 0.371 e. The molecule has 0 spiro atoms. The smallest absolute Gasteiger partial charge is 0.226 e. The van der Waals surface area contributed by atoms with Gasteiger partial charge in [0.1, 0.15) is 0 Å². The first-order chi connectivity index (χ1) is 10.2. The van der Waals surface area contributed by atoms with Crippen molar-refractivity contribution in [3.8, 4) is 0 Å². The topological polar surface area (TPSA) is 32.3 Å². The highest BCUT2D eigenvalue weighted by Crippen LogP contribution is 2.15. The molecule has 0 atom stereocenters. The van der Waals surface area contributed by atoms with Crippen LogP contribution < -0.4 is 10.2 Å². The number of amides is 1. The Hall–Kier alpha value is -2.29. The third-order valence-corrected chi connectivity index (χ3v) is 3.53. The van der Waals surface area contributed by atoms with Crippen LogP contribution in [0.3, 0.4) is 0 Å². The van der Waals surface area contributed by atoms with E-state index in [2.05, 4.69) is 29.3 Å². The first kappa shape index (κ1) is 15.1. The molecular weight excluding hydrogens is 260 g/mol. The first-order valence-electron chi connectivity index (χ1n) is 7.36. The molecule has 1 amide bonds. The minimum atomic E-state index is 0.0543. The SMILES string of the molecule is CCN(CCC(=O)Nc1ccccc1C)c1ccccc1. The lowest BCUT2D eigenvalue weighted by atomic mass is 10.2. The number of nitrogens with zero attached hydrogens (tertiary/aromatic N) is 1. The highest BCUT2D eigenvalue weighted by Gasteiger charge is 2.08. The van der Waals surface area contributed by atoms with Gasteiger partial charge in [-0.1, -0.05) is 36.4 Å². The maximum Gasteiger partial charge on any atom is 0.226 e. The third-order valence-electron chi connectivity index (χ3n) is 3.53. The molecule has 0 aliphatic rings. The molecular formula is C18H22N2O. The zero-order valence-corrected chi connectivity index (χ0v) is 12.7. The Morgan fingerprint density at radius 2 is 1.71 bits per heavy atom. The Bertz CT molecular complexity index is 581. The van der Waals surface area contributed by atoms with Crippen molar-refractivity contribution in [1.29, 1.82) is 0 Å². The summed E-state index contributed by atoms with van der Waals surface area (Å²) in [4.78, 5) is 14.3. The van der Waals surface area contributed by atoms with Crippen molar-refractivity contribution in [2.45, 2.75) is 20.3 Å². The summed E-state index contributed by atoms with van der Waals surface area (Å²) in [5.41, 5.74) is 3.13. The summed E-state index contributed by atoms with van der Waals surface area (Å²) in [6.45, 7) is 5.71. The Morgan fingerprint density at radius 1 is 1.05 bits per heavy atom. The van der Waals surface area contributed by atoms with Crippen molar-refractivity contribution >= 4 is 17.3 Å². The van der Waals surface area contributed by atoms with E-state index in [4.69, 9.17) is 0 Å². The fourth-order valence-corrected chi connectivity index (χ4v) is 2.27. The minimum Gasteiger partial charge on any atom is -0.371 e. The number of para-hydroxylation sites is 2. The molecule has 0 saturated heterocycles. The van der Waals surface area contributed by atoms with E-state index >= 15 is 0 Å². The highest BCUT2D eigenvalue weighted by atomic mass is 16.1. The van der Waals surface area contributed by atoms with E-state index in [1.807, 2.05) is 49.4 Å². The summed E-state index contributed by atoms with van der Waals surface area (Å²) in [6, 6.07) is 18.0. The molecule has 3 nitrogen and oxygen atoms in total. The fourth-order valence-electron chi connectivity index (χ4n) is 2.27. The zero-order chi connectivity index (χ0) is 15.1. The molecule has 110 valence electrons. The standard InChI is InChI=1S/C18H22N2O/c1-3-20(16-10-5-4-6-11-16)14-13-18(21)19-17-12-8-7-9-15(17)2/h4-12H,3,13-14H2,1-2H3,(H,19,21). The second kappa shape index (κ2) is 7.48. The van der Waals surface area contributed by atoms with Crippen LogP contribution in [0.2, 0.25) is 0 Å². The Morgan fingerprint density at radius 3 is 2.38 bits per heavy atom. The molecule has 0 aliphatic carbocycles. The van der Waals surface area contributed by atoms with Crippen LogP contribution in [0.25, 0.3) is 0 Å². The zero-order valence-electron chi connectivity index (χ0n) is 12.7. The van der Waals surface area contributed by atoms with Gasteiger partial charge in [0.25, 0.3) is 0 Å². The van der Waals surface area contributed by atoms with Gasteiger partial charge in [0, 0.05) is 30.9 Å². The molecule has 0 aromatic heterocycles. The van der Waals surface area contributed by atoms with Crippen LogP contribution in [0.4, 0.5) is 11.4 Å². The number of anilines is 2. The molecule has 2 aromatic rings. The van der Waals surface area contributed by atoms with Crippen LogP contribution in [0, 0.1) is 6.92 Å². The monoisotopic (exact) mass is 282 g/mol. The Labute approximate surface area is 126 Å². The summed E-state index contributed by atoms with van der Waals surface area (Å²) in [7, 11) is 0. The summed E-state index contributed by atoms with van der Waals surface area (Å²) in [6.07, 6.45) is 0.483. The molecule has 0 aliphatic heterocycles. The fraction of sp³-hybridized carbons (Fsp3) is 0.278. The van der Waals surface area contributed by atoms with E-state index in [1.54, 1.807) is 0 Å². The number of carbonyl (C=O) groups is 1. The molecule has 0 unspecified atom stereocenters. The normalized spacial score (nSPS) is 10.2. The number of aryl methyl sites for hydroxylation is 1. The first-order valence-corrected chi connectivity index (χ1v) is 7.36. The van der Waals surface area contributed by atoms with Crippen LogP contribution in [-0.2, 0) is 4.79 Å². The van der Waals surface area contributed by atoms with Crippen LogP contribution in [0.1, 0.15) is 18.9 Å². The molecule has 0 radical (unpaired) electrons. The van der Waals surface area contributed by atoms with Crippen LogP contribution in [0.5, 0.6) is 0 Å². The average Bonchev–Trinajstić information content (AvgIpc) is 2.51. The third kappa shape index (κ3) is 4.35. The van der Waals surface area contributed by atoms with Crippen LogP contribution in [0.15, 0.2) is 54.6 Å². The van der Waals surface area contributed by atoms with Crippen LogP contribution in [-0.4, -0.2) is 19.0 Å². The molecule has 1 N–H and O–H groups in total.